The Morgan fingerprint density at radius 1 is 1.31 bits per heavy atom. The van der Waals surface area contributed by atoms with E-state index in [9.17, 15) is 0 Å². The van der Waals surface area contributed by atoms with Gasteiger partial charge in [-0.15, -0.1) is 0 Å². The molecule has 0 aromatic carbocycles. The molecule has 0 aliphatic rings. The van der Waals surface area contributed by atoms with Crippen LogP contribution in [0.5, 0.6) is 0 Å². The largest absolute Gasteiger partial charge is 0.359 e. The Morgan fingerprint density at radius 3 is 2.31 bits per heavy atom. The summed E-state index contributed by atoms with van der Waals surface area (Å²) in [5, 5.41) is 3.24. The topological polar surface area (TPSA) is 24.4 Å². The summed E-state index contributed by atoms with van der Waals surface area (Å²) in [7, 11) is 1.83. The molecule has 0 fully saturated rings. The summed E-state index contributed by atoms with van der Waals surface area (Å²) in [5.74, 6) is 0. The van der Waals surface area contributed by atoms with Gasteiger partial charge in [0.25, 0.3) is 0 Å². The first-order valence-corrected chi connectivity index (χ1v) is 5.83. The SMILES string of the molecule is C=C(C)N/C(=C\C(CCC)=NC)C(=C)CC. The second kappa shape index (κ2) is 7.91. The minimum Gasteiger partial charge on any atom is -0.359 e. The van der Waals surface area contributed by atoms with Crippen molar-refractivity contribution in [2.24, 2.45) is 4.99 Å². The second-order valence-corrected chi connectivity index (χ2v) is 3.89. The molecule has 0 amide bonds. The summed E-state index contributed by atoms with van der Waals surface area (Å²) in [6.45, 7) is 14.1. The molecule has 0 aliphatic carbocycles. The van der Waals surface area contributed by atoms with E-state index in [0.29, 0.717) is 0 Å². The third-order valence-electron chi connectivity index (χ3n) is 2.26. The van der Waals surface area contributed by atoms with Crippen LogP contribution >= 0.6 is 0 Å². The monoisotopic (exact) mass is 220 g/mol. The van der Waals surface area contributed by atoms with Crippen LogP contribution in [-0.2, 0) is 0 Å². The van der Waals surface area contributed by atoms with E-state index in [1.54, 1.807) is 0 Å². The minimum atomic E-state index is 0.924. The van der Waals surface area contributed by atoms with Gasteiger partial charge >= 0.3 is 0 Å². The summed E-state index contributed by atoms with van der Waals surface area (Å²) in [5.41, 5.74) is 4.14. The molecule has 0 unspecified atom stereocenters. The molecule has 0 atom stereocenters. The smallest absolute Gasteiger partial charge is 0.0426 e. The summed E-state index contributed by atoms with van der Waals surface area (Å²) >= 11 is 0. The van der Waals surface area contributed by atoms with Gasteiger partial charge < -0.3 is 5.32 Å². The van der Waals surface area contributed by atoms with Crippen LogP contribution in [0.1, 0.15) is 40.0 Å². The number of nitrogens with one attached hydrogen (secondary N) is 1. The van der Waals surface area contributed by atoms with Crippen LogP contribution < -0.4 is 5.32 Å². The van der Waals surface area contributed by atoms with Crippen molar-refractivity contribution in [3.05, 3.63) is 36.2 Å². The Hall–Kier alpha value is -1.31. The van der Waals surface area contributed by atoms with Crippen LogP contribution in [0, 0.1) is 0 Å². The molecule has 0 aliphatic heterocycles. The van der Waals surface area contributed by atoms with Gasteiger partial charge in [-0.25, -0.2) is 0 Å². The highest BCUT2D eigenvalue weighted by Crippen LogP contribution is 2.11. The van der Waals surface area contributed by atoms with E-state index >= 15 is 0 Å². The molecule has 1 N–H and O–H groups in total. The van der Waals surface area contributed by atoms with E-state index in [1.807, 2.05) is 14.0 Å². The molecule has 0 bridgehead atoms. The number of hydrogen-bond acceptors (Lipinski definition) is 2. The molecule has 0 spiro atoms. The van der Waals surface area contributed by atoms with Crippen molar-refractivity contribution in [3.8, 4) is 0 Å². The highest BCUT2D eigenvalue weighted by Gasteiger charge is 2.02. The van der Waals surface area contributed by atoms with Crippen molar-refractivity contribution in [2.45, 2.75) is 40.0 Å². The zero-order valence-electron chi connectivity index (χ0n) is 11.1. The fraction of sp³-hybridized carbons (Fsp3) is 0.500. The van der Waals surface area contributed by atoms with Gasteiger partial charge in [0.1, 0.15) is 0 Å². The molecule has 16 heavy (non-hydrogen) atoms. The Bertz CT molecular complexity index is 309. The molecular weight excluding hydrogens is 196 g/mol. The molecule has 0 saturated heterocycles. The van der Waals surface area contributed by atoms with Crippen LogP contribution in [0.3, 0.4) is 0 Å². The standard InChI is InChI=1S/C14H24N2/c1-7-9-13(15-6)10-14(12(5)8-2)16-11(3)4/h10,16H,3,5,7-9H2,1-2,4,6H3/b14-10-,15-13?. The molecule has 0 aromatic rings. The molecule has 0 aromatic heterocycles. The maximum absolute atomic E-state index is 4.27. The summed E-state index contributed by atoms with van der Waals surface area (Å²) in [4.78, 5) is 4.27. The predicted octanol–water partition coefficient (Wildman–Crippen LogP) is 3.83. The molecule has 0 rings (SSSR count). The molecule has 90 valence electrons. The molecule has 0 saturated carbocycles. The first-order chi connectivity index (χ1) is 7.54. The maximum atomic E-state index is 4.27. The number of rotatable bonds is 7. The van der Waals surface area contributed by atoms with Gasteiger partial charge in [0.15, 0.2) is 0 Å². The van der Waals surface area contributed by atoms with E-state index in [1.165, 1.54) is 0 Å². The van der Waals surface area contributed by atoms with Crippen molar-refractivity contribution in [1.29, 1.82) is 0 Å². The van der Waals surface area contributed by atoms with Gasteiger partial charge in [-0.1, -0.05) is 33.4 Å². The second-order valence-electron chi connectivity index (χ2n) is 3.89. The lowest BCUT2D eigenvalue weighted by molar-refractivity contribution is 0.943. The molecule has 0 radical (unpaired) electrons. The van der Waals surface area contributed by atoms with Crippen molar-refractivity contribution in [1.82, 2.24) is 5.32 Å². The Kier molecular flexibility index (Phi) is 7.27. The Labute approximate surface area is 99.9 Å². The third kappa shape index (κ3) is 5.54. The van der Waals surface area contributed by atoms with E-state index in [-0.39, 0.29) is 0 Å². The third-order valence-corrected chi connectivity index (χ3v) is 2.26. The van der Waals surface area contributed by atoms with Crippen LogP contribution in [0.25, 0.3) is 0 Å². The zero-order chi connectivity index (χ0) is 12.6. The van der Waals surface area contributed by atoms with Gasteiger partial charge in [-0.05, 0) is 31.4 Å². The fourth-order valence-corrected chi connectivity index (χ4v) is 1.32. The van der Waals surface area contributed by atoms with Gasteiger partial charge in [0.05, 0.1) is 0 Å². The average molecular weight is 220 g/mol. The minimum absolute atomic E-state index is 0.924. The van der Waals surface area contributed by atoms with Crippen LogP contribution in [0.2, 0.25) is 0 Å². The molecule has 2 nitrogen and oxygen atoms in total. The Balaban J connectivity index is 4.92. The van der Waals surface area contributed by atoms with E-state index in [2.05, 4.69) is 43.4 Å². The molecule has 2 heteroatoms. The number of hydrogen-bond donors (Lipinski definition) is 1. The van der Waals surface area contributed by atoms with Gasteiger partial charge in [0.2, 0.25) is 0 Å². The van der Waals surface area contributed by atoms with E-state index < -0.39 is 0 Å². The highest BCUT2D eigenvalue weighted by molar-refractivity contribution is 5.95. The van der Waals surface area contributed by atoms with Crippen molar-refractivity contribution >= 4 is 5.71 Å². The van der Waals surface area contributed by atoms with Gasteiger partial charge in [-0.2, -0.15) is 0 Å². The summed E-state index contributed by atoms with van der Waals surface area (Å²) in [6.07, 6.45) is 5.09. The lowest BCUT2D eigenvalue weighted by Gasteiger charge is -2.13. The predicted molar refractivity (Wildman–Crippen MR) is 73.7 cm³/mol. The molecule has 0 heterocycles. The van der Waals surface area contributed by atoms with Crippen molar-refractivity contribution < 1.29 is 0 Å². The lowest BCUT2D eigenvalue weighted by atomic mass is 10.1. The van der Waals surface area contributed by atoms with E-state index in [0.717, 1.165) is 41.9 Å². The quantitative estimate of drug-likeness (QED) is 0.512. The van der Waals surface area contributed by atoms with E-state index in [4.69, 9.17) is 0 Å². The first kappa shape index (κ1) is 14.7. The first-order valence-electron chi connectivity index (χ1n) is 5.83. The fourth-order valence-electron chi connectivity index (χ4n) is 1.32. The number of nitrogens with zero attached hydrogens (tertiary/aromatic N) is 1. The Morgan fingerprint density at radius 2 is 1.94 bits per heavy atom. The highest BCUT2D eigenvalue weighted by atomic mass is 14.9. The zero-order valence-corrected chi connectivity index (χ0v) is 11.1. The average Bonchev–Trinajstić information content (AvgIpc) is 2.25. The van der Waals surface area contributed by atoms with Crippen LogP contribution in [0.4, 0.5) is 0 Å². The number of aliphatic imine (C=N–C) groups is 1. The van der Waals surface area contributed by atoms with Crippen molar-refractivity contribution in [3.63, 3.8) is 0 Å². The normalized spacial score (nSPS) is 12.5. The summed E-state index contributed by atoms with van der Waals surface area (Å²) in [6, 6.07) is 0. The molecular formula is C14H24N2. The maximum Gasteiger partial charge on any atom is 0.0426 e. The van der Waals surface area contributed by atoms with Gasteiger partial charge in [0, 0.05) is 24.2 Å². The lowest BCUT2D eigenvalue weighted by Crippen LogP contribution is -2.13. The number of allylic oxidation sites excluding steroid dienone is 3. The van der Waals surface area contributed by atoms with Crippen LogP contribution in [0.15, 0.2) is 41.2 Å². The van der Waals surface area contributed by atoms with Gasteiger partial charge in [-0.3, -0.25) is 4.99 Å². The summed E-state index contributed by atoms with van der Waals surface area (Å²) < 4.78 is 0. The van der Waals surface area contributed by atoms with Crippen LogP contribution in [-0.4, -0.2) is 12.8 Å². The van der Waals surface area contributed by atoms with Crippen molar-refractivity contribution in [2.75, 3.05) is 7.05 Å².